The van der Waals surface area contributed by atoms with Crippen LogP contribution in [0.15, 0.2) is 12.2 Å². The minimum atomic E-state index is -0.439. The molecule has 1 N–H and O–H groups in total. The summed E-state index contributed by atoms with van der Waals surface area (Å²) in [6.45, 7) is 10.9. The Kier molecular flexibility index (Phi) is 3.18. The molecular weight excluding hydrogens is 196 g/mol. The average Bonchev–Trinajstić information content (AvgIpc) is 2.38. The lowest BCUT2D eigenvalue weighted by Crippen LogP contribution is -2.33. The summed E-state index contributed by atoms with van der Waals surface area (Å²) in [6.07, 6.45) is 5.78. The van der Waals surface area contributed by atoms with E-state index in [1.165, 1.54) is 24.8 Å². The fourth-order valence-electron chi connectivity index (χ4n) is 3.78. The van der Waals surface area contributed by atoms with Crippen molar-refractivity contribution in [2.45, 2.75) is 58.5 Å². The van der Waals surface area contributed by atoms with Crippen LogP contribution in [-0.2, 0) is 0 Å². The van der Waals surface area contributed by atoms with E-state index < -0.39 is 5.60 Å². The summed E-state index contributed by atoms with van der Waals surface area (Å²) in [5.74, 6) is 2.58. The van der Waals surface area contributed by atoms with E-state index in [-0.39, 0.29) is 0 Å². The lowest BCUT2D eigenvalue weighted by Gasteiger charge is -2.31. The van der Waals surface area contributed by atoms with Crippen molar-refractivity contribution in [1.29, 1.82) is 0 Å². The highest BCUT2D eigenvalue weighted by Gasteiger charge is 2.46. The molecule has 2 aliphatic carbocycles. The summed E-state index contributed by atoms with van der Waals surface area (Å²) in [5, 5.41) is 10.5. The normalized spacial score (nSPS) is 44.6. The molecule has 4 atom stereocenters. The van der Waals surface area contributed by atoms with Gasteiger partial charge >= 0.3 is 0 Å². The van der Waals surface area contributed by atoms with E-state index in [4.69, 9.17) is 0 Å². The first-order valence-electron chi connectivity index (χ1n) is 6.82. The number of hydrogen-bond donors (Lipinski definition) is 1. The van der Waals surface area contributed by atoms with Gasteiger partial charge in [-0.05, 0) is 62.7 Å². The van der Waals surface area contributed by atoms with Crippen LogP contribution in [0.4, 0.5) is 0 Å². The predicted molar refractivity (Wildman–Crippen MR) is 68.2 cm³/mol. The van der Waals surface area contributed by atoms with Crippen molar-refractivity contribution >= 4 is 0 Å². The second-order valence-corrected chi connectivity index (χ2v) is 6.55. The minimum Gasteiger partial charge on any atom is -0.390 e. The molecule has 2 fully saturated rings. The summed E-state index contributed by atoms with van der Waals surface area (Å²) in [4.78, 5) is 0. The fraction of sp³-hybridized carbons (Fsp3) is 0.867. The molecule has 0 radical (unpaired) electrons. The van der Waals surface area contributed by atoms with Crippen LogP contribution in [0.1, 0.15) is 52.9 Å². The Balaban J connectivity index is 2.20. The third-order valence-corrected chi connectivity index (χ3v) is 5.11. The highest BCUT2D eigenvalue weighted by molar-refractivity contribution is 5.12. The maximum absolute atomic E-state index is 10.5. The van der Waals surface area contributed by atoms with E-state index in [0.29, 0.717) is 11.8 Å². The largest absolute Gasteiger partial charge is 0.390 e. The van der Waals surface area contributed by atoms with E-state index >= 15 is 0 Å². The van der Waals surface area contributed by atoms with Crippen LogP contribution in [0.3, 0.4) is 0 Å². The molecule has 2 aliphatic rings. The molecule has 0 spiro atoms. The molecule has 1 nitrogen and oxygen atoms in total. The molecule has 0 bridgehead atoms. The molecule has 16 heavy (non-hydrogen) atoms. The number of fused-ring (bicyclic) bond motifs is 1. The number of hydrogen-bond acceptors (Lipinski definition) is 1. The first-order chi connectivity index (χ1) is 7.42. The van der Waals surface area contributed by atoms with Gasteiger partial charge in [0.15, 0.2) is 0 Å². The molecule has 0 aromatic rings. The lowest BCUT2D eigenvalue weighted by molar-refractivity contribution is 0.00268. The molecule has 0 saturated heterocycles. The van der Waals surface area contributed by atoms with E-state index in [1.54, 1.807) is 0 Å². The van der Waals surface area contributed by atoms with E-state index in [0.717, 1.165) is 24.7 Å². The Bertz CT molecular complexity index is 277. The van der Waals surface area contributed by atoms with Gasteiger partial charge in [0.2, 0.25) is 0 Å². The molecular formula is C15H26O. The second kappa shape index (κ2) is 4.18. The first-order valence-corrected chi connectivity index (χ1v) is 6.82. The lowest BCUT2D eigenvalue weighted by atomic mass is 9.77. The summed E-state index contributed by atoms with van der Waals surface area (Å²) in [7, 11) is 0. The van der Waals surface area contributed by atoms with Gasteiger partial charge in [0.25, 0.3) is 0 Å². The van der Waals surface area contributed by atoms with Gasteiger partial charge in [0, 0.05) is 0 Å². The van der Waals surface area contributed by atoms with Crippen LogP contribution in [0.25, 0.3) is 0 Å². The van der Waals surface area contributed by atoms with Crippen molar-refractivity contribution in [1.82, 2.24) is 0 Å². The highest BCUT2D eigenvalue weighted by Crippen LogP contribution is 2.50. The topological polar surface area (TPSA) is 20.2 Å². The van der Waals surface area contributed by atoms with Crippen LogP contribution in [0.2, 0.25) is 0 Å². The quantitative estimate of drug-likeness (QED) is 0.669. The standard InChI is InChI=1S/C15H26O/c1-10(2)12-6-5-11(3)13-7-8-15(4,16)14(13)9-12/h10,12-14,16H,3,5-9H2,1-2,4H3. The molecule has 92 valence electrons. The van der Waals surface area contributed by atoms with E-state index in [1.807, 2.05) is 6.92 Å². The molecule has 0 aromatic carbocycles. The van der Waals surface area contributed by atoms with Crippen molar-refractivity contribution in [2.24, 2.45) is 23.7 Å². The SMILES string of the molecule is C=C1CCC(C(C)C)CC2C1CCC2(C)O. The zero-order valence-electron chi connectivity index (χ0n) is 11.0. The van der Waals surface area contributed by atoms with Crippen LogP contribution in [0.5, 0.6) is 0 Å². The molecule has 0 aromatic heterocycles. The van der Waals surface area contributed by atoms with E-state index in [9.17, 15) is 5.11 Å². The zero-order valence-corrected chi connectivity index (χ0v) is 11.0. The Morgan fingerprint density at radius 2 is 2.06 bits per heavy atom. The number of rotatable bonds is 1. The Morgan fingerprint density at radius 1 is 1.38 bits per heavy atom. The molecule has 2 saturated carbocycles. The first kappa shape index (κ1) is 12.2. The fourth-order valence-corrected chi connectivity index (χ4v) is 3.78. The summed E-state index contributed by atoms with van der Waals surface area (Å²) in [5.41, 5.74) is 0.969. The molecule has 0 amide bonds. The van der Waals surface area contributed by atoms with Crippen molar-refractivity contribution in [3.8, 4) is 0 Å². The average molecular weight is 222 g/mol. The van der Waals surface area contributed by atoms with Gasteiger partial charge in [0.05, 0.1) is 5.60 Å². The number of allylic oxidation sites excluding steroid dienone is 1. The third-order valence-electron chi connectivity index (χ3n) is 5.11. The maximum atomic E-state index is 10.5. The minimum absolute atomic E-state index is 0.439. The van der Waals surface area contributed by atoms with Gasteiger partial charge in [-0.2, -0.15) is 0 Å². The monoisotopic (exact) mass is 222 g/mol. The molecule has 0 heterocycles. The van der Waals surface area contributed by atoms with Crippen molar-refractivity contribution in [3.63, 3.8) is 0 Å². The second-order valence-electron chi connectivity index (χ2n) is 6.55. The predicted octanol–water partition coefficient (Wildman–Crippen LogP) is 3.78. The van der Waals surface area contributed by atoms with Crippen LogP contribution >= 0.6 is 0 Å². The Morgan fingerprint density at radius 3 is 2.69 bits per heavy atom. The van der Waals surface area contributed by atoms with Gasteiger partial charge in [-0.1, -0.05) is 26.0 Å². The molecule has 4 unspecified atom stereocenters. The van der Waals surface area contributed by atoms with Gasteiger partial charge in [-0.15, -0.1) is 0 Å². The Labute approximate surface area is 99.9 Å². The molecule has 2 rings (SSSR count). The summed E-state index contributed by atoms with van der Waals surface area (Å²) in [6, 6.07) is 0. The van der Waals surface area contributed by atoms with Crippen molar-refractivity contribution < 1.29 is 5.11 Å². The third kappa shape index (κ3) is 2.07. The Hall–Kier alpha value is -0.300. The van der Waals surface area contributed by atoms with Gasteiger partial charge in [-0.3, -0.25) is 0 Å². The summed E-state index contributed by atoms with van der Waals surface area (Å²) < 4.78 is 0. The highest BCUT2D eigenvalue weighted by atomic mass is 16.3. The maximum Gasteiger partial charge on any atom is 0.0653 e. The van der Waals surface area contributed by atoms with Crippen LogP contribution in [0, 0.1) is 23.7 Å². The smallest absolute Gasteiger partial charge is 0.0653 e. The van der Waals surface area contributed by atoms with Crippen LogP contribution < -0.4 is 0 Å². The van der Waals surface area contributed by atoms with Gasteiger partial charge in [-0.25, -0.2) is 0 Å². The zero-order chi connectivity index (χ0) is 11.9. The van der Waals surface area contributed by atoms with Crippen molar-refractivity contribution in [3.05, 3.63) is 12.2 Å². The van der Waals surface area contributed by atoms with E-state index in [2.05, 4.69) is 20.4 Å². The van der Waals surface area contributed by atoms with Gasteiger partial charge < -0.3 is 5.11 Å². The summed E-state index contributed by atoms with van der Waals surface area (Å²) >= 11 is 0. The molecule has 1 heteroatoms. The van der Waals surface area contributed by atoms with Crippen molar-refractivity contribution in [2.75, 3.05) is 0 Å². The number of aliphatic hydroxyl groups is 1. The van der Waals surface area contributed by atoms with Crippen LogP contribution in [-0.4, -0.2) is 10.7 Å². The van der Waals surface area contributed by atoms with Gasteiger partial charge in [0.1, 0.15) is 0 Å². The molecule has 0 aliphatic heterocycles.